The molecule has 0 heterocycles. The Bertz CT molecular complexity index is 2320. The molecule has 0 aliphatic rings. The standard InChI is InChI=1S/C42H30O2/c43-23-24-44-42-40(38-22-10-16-29-12-2-6-18-34(29)38)26-31-14-4-8-20-37(31)41(42)39-27-32(25-30-13-3-7-19-35(30)39)36-21-9-15-28-11-1-5-17-33(28)36/h1-22,25-27,43H,23-24H2. The zero-order valence-corrected chi connectivity index (χ0v) is 24.2. The second-order valence-electron chi connectivity index (χ2n) is 11.2. The molecule has 0 atom stereocenters. The zero-order chi connectivity index (χ0) is 29.5. The number of aliphatic hydroxyl groups excluding tert-OH is 1. The summed E-state index contributed by atoms with van der Waals surface area (Å²) in [5, 5.41) is 19.3. The fourth-order valence-corrected chi connectivity index (χ4v) is 6.70. The molecule has 0 spiro atoms. The molecule has 8 aromatic carbocycles. The highest BCUT2D eigenvalue weighted by molar-refractivity contribution is 6.13. The van der Waals surface area contributed by atoms with Crippen molar-refractivity contribution in [1.29, 1.82) is 0 Å². The van der Waals surface area contributed by atoms with E-state index in [-0.39, 0.29) is 13.2 Å². The largest absolute Gasteiger partial charge is 0.490 e. The van der Waals surface area contributed by atoms with Crippen LogP contribution in [0.2, 0.25) is 0 Å². The highest BCUT2D eigenvalue weighted by Crippen LogP contribution is 2.48. The fraction of sp³-hybridized carbons (Fsp3) is 0.0476. The second-order valence-corrected chi connectivity index (χ2v) is 11.2. The molecule has 0 aliphatic carbocycles. The Morgan fingerprint density at radius 3 is 1.57 bits per heavy atom. The minimum Gasteiger partial charge on any atom is -0.490 e. The van der Waals surface area contributed by atoms with E-state index in [0.29, 0.717) is 0 Å². The predicted molar refractivity (Wildman–Crippen MR) is 185 cm³/mol. The molecule has 0 saturated heterocycles. The van der Waals surface area contributed by atoms with Crippen molar-refractivity contribution in [2.75, 3.05) is 13.2 Å². The number of hydrogen-bond acceptors (Lipinski definition) is 2. The van der Waals surface area contributed by atoms with Crippen LogP contribution >= 0.6 is 0 Å². The average molecular weight is 567 g/mol. The van der Waals surface area contributed by atoms with Gasteiger partial charge in [0.15, 0.2) is 0 Å². The van der Waals surface area contributed by atoms with Crippen molar-refractivity contribution < 1.29 is 9.84 Å². The Kier molecular flexibility index (Phi) is 6.55. The van der Waals surface area contributed by atoms with Gasteiger partial charge in [0.05, 0.1) is 6.61 Å². The summed E-state index contributed by atoms with van der Waals surface area (Å²) in [4.78, 5) is 0. The van der Waals surface area contributed by atoms with E-state index in [1.807, 2.05) is 0 Å². The first-order valence-electron chi connectivity index (χ1n) is 15.1. The van der Waals surface area contributed by atoms with Gasteiger partial charge in [0.25, 0.3) is 0 Å². The lowest BCUT2D eigenvalue weighted by atomic mass is 9.86. The van der Waals surface area contributed by atoms with E-state index in [1.54, 1.807) is 0 Å². The Morgan fingerprint density at radius 2 is 0.909 bits per heavy atom. The average Bonchev–Trinajstić information content (AvgIpc) is 3.09. The normalized spacial score (nSPS) is 11.5. The SMILES string of the molecule is OCCOc1c(-c2cccc3ccccc23)cc2ccccc2c1-c1cc(-c2cccc3ccccc23)cc2ccccc12. The molecule has 0 bridgehead atoms. The molecule has 0 unspecified atom stereocenters. The molecular formula is C42H30O2. The number of benzene rings is 8. The smallest absolute Gasteiger partial charge is 0.135 e. The van der Waals surface area contributed by atoms with Crippen molar-refractivity contribution in [2.24, 2.45) is 0 Å². The summed E-state index contributed by atoms with van der Waals surface area (Å²) < 4.78 is 6.60. The lowest BCUT2D eigenvalue weighted by Crippen LogP contribution is -2.05. The van der Waals surface area contributed by atoms with Crippen LogP contribution in [0.1, 0.15) is 0 Å². The number of aliphatic hydroxyl groups is 1. The first-order valence-corrected chi connectivity index (χ1v) is 15.1. The summed E-state index contributed by atoms with van der Waals surface area (Å²) in [5.41, 5.74) is 6.63. The van der Waals surface area contributed by atoms with Gasteiger partial charge >= 0.3 is 0 Å². The van der Waals surface area contributed by atoms with Crippen LogP contribution in [0.3, 0.4) is 0 Å². The number of rotatable bonds is 6. The summed E-state index contributed by atoms with van der Waals surface area (Å²) >= 11 is 0. The molecule has 0 radical (unpaired) electrons. The van der Waals surface area contributed by atoms with Crippen molar-refractivity contribution in [3.05, 3.63) is 152 Å². The Hall–Kier alpha value is -5.44. The molecule has 2 nitrogen and oxygen atoms in total. The summed E-state index contributed by atoms with van der Waals surface area (Å²) in [6.07, 6.45) is 0. The predicted octanol–water partition coefficient (Wildman–Crippen LogP) is 10.7. The monoisotopic (exact) mass is 566 g/mol. The molecule has 2 heteroatoms. The van der Waals surface area contributed by atoms with Crippen molar-refractivity contribution in [2.45, 2.75) is 0 Å². The van der Waals surface area contributed by atoms with Crippen LogP contribution in [-0.4, -0.2) is 18.3 Å². The van der Waals surface area contributed by atoms with Crippen LogP contribution < -0.4 is 4.74 Å². The van der Waals surface area contributed by atoms with Crippen LogP contribution in [0.4, 0.5) is 0 Å². The van der Waals surface area contributed by atoms with Crippen LogP contribution in [0.5, 0.6) is 5.75 Å². The van der Waals surface area contributed by atoms with Crippen molar-refractivity contribution in [1.82, 2.24) is 0 Å². The fourth-order valence-electron chi connectivity index (χ4n) is 6.70. The van der Waals surface area contributed by atoms with Gasteiger partial charge < -0.3 is 9.84 Å². The topological polar surface area (TPSA) is 29.5 Å². The maximum absolute atomic E-state index is 9.98. The number of fused-ring (bicyclic) bond motifs is 4. The van der Waals surface area contributed by atoms with Crippen LogP contribution in [0.15, 0.2) is 152 Å². The lowest BCUT2D eigenvalue weighted by molar-refractivity contribution is 0.202. The van der Waals surface area contributed by atoms with Crippen molar-refractivity contribution in [3.63, 3.8) is 0 Å². The van der Waals surface area contributed by atoms with Gasteiger partial charge in [0.1, 0.15) is 12.4 Å². The third-order valence-corrected chi connectivity index (χ3v) is 8.65. The van der Waals surface area contributed by atoms with Gasteiger partial charge in [0.2, 0.25) is 0 Å². The first-order chi connectivity index (χ1) is 21.8. The molecule has 0 fully saturated rings. The van der Waals surface area contributed by atoms with E-state index in [1.165, 1.54) is 32.5 Å². The van der Waals surface area contributed by atoms with E-state index in [4.69, 9.17) is 4.74 Å². The van der Waals surface area contributed by atoms with Crippen LogP contribution in [0.25, 0.3) is 76.5 Å². The van der Waals surface area contributed by atoms with E-state index in [0.717, 1.165) is 49.7 Å². The molecule has 0 amide bonds. The van der Waals surface area contributed by atoms with Gasteiger partial charge in [-0.05, 0) is 83.5 Å². The van der Waals surface area contributed by atoms with Gasteiger partial charge in [-0.3, -0.25) is 0 Å². The summed E-state index contributed by atoms with van der Waals surface area (Å²) in [6.45, 7) is 0.127. The summed E-state index contributed by atoms with van der Waals surface area (Å²) in [7, 11) is 0. The molecule has 210 valence electrons. The van der Waals surface area contributed by atoms with Gasteiger partial charge in [0, 0.05) is 11.1 Å². The molecule has 44 heavy (non-hydrogen) atoms. The maximum atomic E-state index is 9.98. The molecule has 0 saturated carbocycles. The van der Waals surface area contributed by atoms with E-state index in [2.05, 4.69) is 152 Å². The third kappa shape index (κ3) is 4.40. The Labute approximate surface area is 256 Å². The van der Waals surface area contributed by atoms with Crippen molar-refractivity contribution >= 4 is 43.1 Å². The summed E-state index contributed by atoms with van der Waals surface area (Å²) in [6, 6.07) is 54.0. The van der Waals surface area contributed by atoms with Crippen LogP contribution in [0, 0.1) is 0 Å². The molecule has 0 aliphatic heterocycles. The van der Waals surface area contributed by atoms with Gasteiger partial charge in [-0.15, -0.1) is 0 Å². The lowest BCUT2D eigenvalue weighted by Gasteiger charge is -2.22. The minimum absolute atomic E-state index is 0.0714. The maximum Gasteiger partial charge on any atom is 0.135 e. The highest BCUT2D eigenvalue weighted by atomic mass is 16.5. The molecule has 0 aromatic heterocycles. The number of ether oxygens (including phenoxy) is 1. The molecule has 8 rings (SSSR count). The van der Waals surface area contributed by atoms with Gasteiger partial charge in [-0.1, -0.05) is 133 Å². The molecule has 1 N–H and O–H groups in total. The van der Waals surface area contributed by atoms with Crippen LogP contribution in [-0.2, 0) is 0 Å². The minimum atomic E-state index is -0.0714. The Morgan fingerprint density at radius 1 is 0.409 bits per heavy atom. The molecular weight excluding hydrogens is 536 g/mol. The van der Waals surface area contributed by atoms with Crippen molar-refractivity contribution in [3.8, 4) is 39.1 Å². The molecule has 8 aromatic rings. The Balaban J connectivity index is 1.51. The van der Waals surface area contributed by atoms with Gasteiger partial charge in [-0.2, -0.15) is 0 Å². The highest BCUT2D eigenvalue weighted by Gasteiger charge is 2.22. The quantitative estimate of drug-likeness (QED) is 0.217. The van der Waals surface area contributed by atoms with E-state index in [9.17, 15) is 5.11 Å². The van der Waals surface area contributed by atoms with E-state index >= 15 is 0 Å². The summed E-state index contributed by atoms with van der Waals surface area (Å²) in [5.74, 6) is 0.786. The first kappa shape index (κ1) is 26.2. The van der Waals surface area contributed by atoms with E-state index < -0.39 is 0 Å². The third-order valence-electron chi connectivity index (χ3n) is 8.65. The number of hydrogen-bond donors (Lipinski definition) is 1. The second kappa shape index (κ2) is 11.0. The van der Waals surface area contributed by atoms with Gasteiger partial charge in [-0.25, -0.2) is 0 Å². The zero-order valence-electron chi connectivity index (χ0n) is 24.2.